The van der Waals surface area contributed by atoms with E-state index in [4.69, 9.17) is 4.84 Å². The molecule has 16 heteroatoms. The molecule has 0 radical (unpaired) electrons. The van der Waals surface area contributed by atoms with E-state index in [1.807, 2.05) is 0 Å². The van der Waals surface area contributed by atoms with Crippen LogP contribution in [-0.4, -0.2) is 33.0 Å². The van der Waals surface area contributed by atoms with E-state index in [1.165, 1.54) is 24.0 Å². The number of carbonyl (C=O) groups is 2. The maximum atomic E-state index is 13.6. The number of fused-ring (bicyclic) bond motifs is 1. The van der Waals surface area contributed by atoms with Crippen LogP contribution in [0.5, 0.6) is 0 Å². The monoisotopic (exact) mass is 572 g/mol. The van der Waals surface area contributed by atoms with Gasteiger partial charge in [-0.3, -0.25) is 23.6 Å². The number of alkyl halides is 3. The first kappa shape index (κ1) is 27.0. The molecule has 4 aromatic rings. The Labute approximate surface area is 217 Å². The lowest BCUT2D eigenvalue weighted by Crippen LogP contribution is -2.36. The van der Waals surface area contributed by atoms with Crippen molar-refractivity contribution in [3.8, 4) is 11.3 Å². The molecule has 200 valence electrons. The highest BCUT2D eigenvalue weighted by molar-refractivity contribution is 7.17. The minimum atomic E-state index is -4.96. The summed E-state index contributed by atoms with van der Waals surface area (Å²) in [5.74, 6) is -1.96. The number of aryl methyl sites for hydroxylation is 1. The molecule has 0 atom stereocenters. The van der Waals surface area contributed by atoms with E-state index in [9.17, 15) is 36.7 Å². The minimum absolute atomic E-state index is 0.148. The van der Waals surface area contributed by atoms with Crippen LogP contribution in [0.25, 0.3) is 21.5 Å². The number of thiophene rings is 1. The van der Waals surface area contributed by atoms with E-state index in [1.54, 1.807) is 0 Å². The summed E-state index contributed by atoms with van der Waals surface area (Å²) < 4.78 is 61.6. The lowest BCUT2D eigenvalue weighted by Gasteiger charge is -2.14. The Hall–Kier alpha value is -4.05. The Morgan fingerprint density at radius 2 is 1.79 bits per heavy atom. The van der Waals surface area contributed by atoms with Gasteiger partial charge in [-0.25, -0.2) is 14.0 Å². The van der Waals surface area contributed by atoms with E-state index in [-0.39, 0.29) is 27.5 Å². The molecular weight excluding hydrogens is 556 g/mol. The van der Waals surface area contributed by atoms with Crippen molar-refractivity contribution in [2.75, 3.05) is 7.11 Å². The smallest absolute Gasteiger partial charge is 0.436 e. The van der Waals surface area contributed by atoms with Crippen LogP contribution in [0.1, 0.15) is 11.1 Å². The Kier molecular flexibility index (Phi) is 7.12. The Morgan fingerprint density at radius 3 is 2.45 bits per heavy atom. The highest BCUT2D eigenvalue weighted by atomic mass is 32.1. The predicted octanol–water partition coefficient (Wildman–Crippen LogP) is 2.85. The number of hydrogen-bond acceptors (Lipinski definition) is 8. The molecule has 0 saturated carbocycles. The first-order chi connectivity index (χ1) is 17.8. The summed E-state index contributed by atoms with van der Waals surface area (Å²) in [5, 5.41) is 2.81. The second kappa shape index (κ2) is 10.0. The van der Waals surface area contributed by atoms with E-state index in [0.29, 0.717) is 20.9 Å². The number of methoxy groups -OCH3 is 1. The number of halogens is 4. The average molecular weight is 573 g/mol. The van der Waals surface area contributed by atoms with Gasteiger partial charge in [0.1, 0.15) is 16.3 Å². The van der Waals surface area contributed by atoms with Gasteiger partial charge in [-0.2, -0.15) is 18.2 Å². The van der Waals surface area contributed by atoms with Crippen molar-refractivity contribution in [2.45, 2.75) is 12.6 Å². The molecule has 3 heterocycles. The molecule has 3 aromatic heterocycles. The fourth-order valence-corrected chi connectivity index (χ4v) is 5.44. The lowest BCUT2D eigenvalue weighted by molar-refractivity contribution is -0.137. The van der Waals surface area contributed by atoms with Gasteiger partial charge in [0.15, 0.2) is 0 Å². The zero-order valence-electron chi connectivity index (χ0n) is 19.7. The van der Waals surface area contributed by atoms with Crippen LogP contribution in [0.4, 0.5) is 22.4 Å². The quantitative estimate of drug-likeness (QED) is 0.275. The van der Waals surface area contributed by atoms with Crippen molar-refractivity contribution in [1.82, 2.24) is 13.9 Å². The number of carbonyl (C=O) groups excluding carboxylic acids is 2. The molecule has 0 saturated heterocycles. The molecule has 1 aromatic carbocycles. The summed E-state index contributed by atoms with van der Waals surface area (Å²) in [6, 6.07) is 1.93. The van der Waals surface area contributed by atoms with Gasteiger partial charge in [0.25, 0.3) is 11.5 Å². The standard InChI is InChI=1S/C22H16F4N4O6S2/c1-28-17(32)16-10(8-37-18(16)29(2)20(28)33)6-15(31)27-19-30(36-21(34)35-3)14(9-38-19)12-5-4-11(23)7-13(12)22(24,25)26/h4-5,7-9H,6H2,1-3H3. The zero-order chi connectivity index (χ0) is 27.9. The average Bonchev–Trinajstić information content (AvgIpc) is 3.45. The van der Waals surface area contributed by atoms with E-state index in [2.05, 4.69) is 9.73 Å². The first-order valence-electron chi connectivity index (χ1n) is 10.4. The second-order valence-electron chi connectivity index (χ2n) is 7.76. The molecule has 0 aliphatic heterocycles. The molecule has 0 unspecified atom stereocenters. The van der Waals surface area contributed by atoms with Crippen molar-refractivity contribution < 1.29 is 36.7 Å². The van der Waals surface area contributed by atoms with Crippen LogP contribution in [0.15, 0.2) is 43.5 Å². The fourth-order valence-electron chi connectivity index (χ4n) is 3.59. The topological polar surface area (TPSA) is 114 Å². The van der Waals surface area contributed by atoms with E-state index in [0.717, 1.165) is 40.5 Å². The summed E-state index contributed by atoms with van der Waals surface area (Å²) >= 11 is 1.75. The number of benzene rings is 1. The minimum Gasteiger partial charge on any atom is -0.436 e. The van der Waals surface area contributed by atoms with Gasteiger partial charge in [0, 0.05) is 25.0 Å². The molecule has 10 nitrogen and oxygen atoms in total. The number of rotatable bonds is 4. The van der Waals surface area contributed by atoms with Crippen LogP contribution in [-0.2, 0) is 36.2 Å². The third kappa shape index (κ3) is 4.91. The van der Waals surface area contributed by atoms with Gasteiger partial charge in [0.2, 0.25) is 4.80 Å². The van der Waals surface area contributed by atoms with Gasteiger partial charge in [-0.05, 0) is 29.1 Å². The number of aromatic nitrogens is 3. The second-order valence-corrected chi connectivity index (χ2v) is 9.45. The summed E-state index contributed by atoms with van der Waals surface area (Å²) in [6.45, 7) is 0. The summed E-state index contributed by atoms with van der Waals surface area (Å²) in [4.78, 5) is 58.3. The van der Waals surface area contributed by atoms with Gasteiger partial charge in [0.05, 0.1) is 24.5 Å². The summed E-state index contributed by atoms with van der Waals surface area (Å²) in [6.07, 6.45) is -6.67. The van der Waals surface area contributed by atoms with Gasteiger partial charge in [-0.15, -0.1) is 27.4 Å². The number of ether oxygens (including phenoxy) is 1. The van der Waals surface area contributed by atoms with Crippen LogP contribution >= 0.6 is 22.7 Å². The van der Waals surface area contributed by atoms with Crippen molar-refractivity contribution in [3.63, 3.8) is 0 Å². The van der Waals surface area contributed by atoms with Crippen molar-refractivity contribution >= 4 is 45.0 Å². The van der Waals surface area contributed by atoms with Crippen LogP contribution < -0.4 is 20.9 Å². The normalized spacial score (nSPS) is 12.2. The highest BCUT2D eigenvalue weighted by Gasteiger charge is 2.35. The number of thiazole rings is 1. The molecule has 4 rings (SSSR count). The number of amides is 1. The Morgan fingerprint density at radius 1 is 1.08 bits per heavy atom. The molecule has 0 bridgehead atoms. The van der Waals surface area contributed by atoms with Crippen molar-refractivity contribution in [2.24, 2.45) is 19.1 Å². The Balaban J connectivity index is 1.82. The van der Waals surface area contributed by atoms with Crippen molar-refractivity contribution in [1.29, 1.82) is 0 Å². The van der Waals surface area contributed by atoms with Crippen molar-refractivity contribution in [3.05, 3.63) is 71.5 Å². The molecule has 0 aliphatic rings. The third-order valence-electron chi connectivity index (χ3n) is 5.37. The van der Waals surface area contributed by atoms with Gasteiger partial charge < -0.3 is 4.74 Å². The number of nitrogens with zero attached hydrogens (tertiary/aromatic N) is 4. The van der Waals surface area contributed by atoms with Crippen LogP contribution in [0.3, 0.4) is 0 Å². The lowest BCUT2D eigenvalue weighted by atomic mass is 10.0. The predicted molar refractivity (Wildman–Crippen MR) is 128 cm³/mol. The molecule has 0 fully saturated rings. The molecule has 38 heavy (non-hydrogen) atoms. The van der Waals surface area contributed by atoms with Crippen LogP contribution in [0, 0.1) is 5.82 Å². The molecule has 0 N–H and O–H groups in total. The maximum Gasteiger partial charge on any atom is 0.533 e. The number of hydrogen-bond donors (Lipinski definition) is 0. The molecule has 0 aliphatic carbocycles. The molecule has 0 spiro atoms. The molecule has 1 amide bonds. The van der Waals surface area contributed by atoms with Gasteiger partial charge in [-0.1, -0.05) is 0 Å². The zero-order valence-corrected chi connectivity index (χ0v) is 21.3. The van der Waals surface area contributed by atoms with E-state index < -0.39 is 52.9 Å². The fraction of sp³-hybridized carbons (Fsp3) is 0.227. The Bertz CT molecular complexity index is 1780. The third-order valence-corrected chi connectivity index (χ3v) is 7.28. The molecular formula is C22H16F4N4O6S2. The van der Waals surface area contributed by atoms with E-state index >= 15 is 0 Å². The van der Waals surface area contributed by atoms with Gasteiger partial charge >= 0.3 is 18.0 Å². The maximum absolute atomic E-state index is 13.6. The first-order valence-corrected chi connectivity index (χ1v) is 12.2. The SMILES string of the molecule is COC(=O)On1c(-c2ccc(F)cc2C(F)(F)F)csc1=NC(=O)Cc1csc2c1c(=O)n(C)c(=O)n2C. The summed E-state index contributed by atoms with van der Waals surface area (Å²) in [7, 11) is 3.73. The highest BCUT2D eigenvalue weighted by Crippen LogP contribution is 2.37. The summed E-state index contributed by atoms with van der Waals surface area (Å²) in [5.41, 5.74) is -3.10. The van der Waals surface area contributed by atoms with Crippen LogP contribution in [0.2, 0.25) is 0 Å². The largest absolute Gasteiger partial charge is 0.533 e.